The molecule has 0 heterocycles. The lowest BCUT2D eigenvalue weighted by Gasteiger charge is -2.16. The van der Waals surface area contributed by atoms with Crippen LogP contribution in [0.15, 0.2) is 24.3 Å². The minimum atomic E-state index is -0.951. The molecule has 0 unspecified atom stereocenters. The Morgan fingerprint density at radius 3 is 2.47 bits per heavy atom. The zero-order chi connectivity index (χ0) is 14.3. The molecule has 1 rings (SSSR count). The fourth-order valence-corrected chi connectivity index (χ4v) is 1.79. The maximum absolute atomic E-state index is 11.1. The summed E-state index contributed by atoms with van der Waals surface area (Å²) in [6.45, 7) is 0.143. The fraction of sp³-hybridized carbons (Fsp3) is 0.333. The van der Waals surface area contributed by atoms with Crippen LogP contribution in [0.3, 0.4) is 0 Å². The van der Waals surface area contributed by atoms with Gasteiger partial charge < -0.3 is 15.2 Å². The molecular formula is C12H13Cl2NO4. The number of carboxylic acids is 1. The van der Waals surface area contributed by atoms with Crippen LogP contribution < -0.4 is 5.32 Å². The molecule has 0 fully saturated rings. The number of benzene rings is 1. The van der Waals surface area contributed by atoms with E-state index < -0.39 is 12.1 Å². The third-order valence-corrected chi connectivity index (χ3v) is 2.80. The molecular weight excluding hydrogens is 293 g/mol. The summed E-state index contributed by atoms with van der Waals surface area (Å²) in [5.41, 5.74) is 0.776. The number of halogens is 2. The number of alkyl carbamates (subject to hydrolysis) is 1. The standard InChI is InChI=1S/C12H13Cl2NO4/c13-7-19-12(18)15-6-9(5-11(16)17)8-1-3-10(14)4-2-8/h1-4,9H,5-7H2,(H,15,18)(H,16,17)/t9-/m0/s1. The number of rotatable bonds is 6. The van der Waals surface area contributed by atoms with Crippen LogP contribution in [0.2, 0.25) is 5.02 Å². The lowest BCUT2D eigenvalue weighted by molar-refractivity contribution is -0.137. The SMILES string of the molecule is O=C(O)C[C@@H](CNC(=O)OCCl)c1ccc(Cl)cc1. The van der Waals surface area contributed by atoms with Crippen LogP contribution in [0, 0.1) is 0 Å². The molecule has 0 aliphatic heterocycles. The summed E-state index contributed by atoms with van der Waals surface area (Å²) in [4.78, 5) is 22.0. The molecule has 0 aliphatic rings. The molecule has 2 N–H and O–H groups in total. The lowest BCUT2D eigenvalue weighted by atomic mass is 9.96. The number of carboxylic acid groups (broad SMARTS) is 1. The first-order chi connectivity index (χ1) is 9.02. The van der Waals surface area contributed by atoms with E-state index in [1.165, 1.54) is 0 Å². The van der Waals surface area contributed by atoms with Crippen LogP contribution in [-0.2, 0) is 9.53 Å². The van der Waals surface area contributed by atoms with E-state index in [9.17, 15) is 9.59 Å². The van der Waals surface area contributed by atoms with Crippen molar-refractivity contribution in [2.45, 2.75) is 12.3 Å². The van der Waals surface area contributed by atoms with Gasteiger partial charge in [0.25, 0.3) is 0 Å². The highest BCUT2D eigenvalue weighted by Gasteiger charge is 2.17. The number of alkyl halides is 1. The van der Waals surface area contributed by atoms with Crippen LogP contribution in [0.4, 0.5) is 4.79 Å². The predicted octanol–water partition coefficient (Wildman–Crippen LogP) is 2.82. The van der Waals surface area contributed by atoms with Crippen molar-refractivity contribution in [3.05, 3.63) is 34.9 Å². The van der Waals surface area contributed by atoms with Crippen molar-refractivity contribution >= 4 is 35.3 Å². The Morgan fingerprint density at radius 2 is 1.95 bits per heavy atom. The van der Waals surface area contributed by atoms with E-state index in [-0.39, 0.29) is 24.9 Å². The van der Waals surface area contributed by atoms with Gasteiger partial charge in [-0.2, -0.15) is 0 Å². The first-order valence-corrected chi connectivity index (χ1v) is 6.38. The molecule has 5 nitrogen and oxygen atoms in total. The maximum Gasteiger partial charge on any atom is 0.408 e. The van der Waals surface area contributed by atoms with Gasteiger partial charge >= 0.3 is 12.1 Å². The highest BCUT2D eigenvalue weighted by molar-refractivity contribution is 6.30. The number of hydrogen-bond donors (Lipinski definition) is 2. The molecule has 1 atom stereocenters. The highest BCUT2D eigenvalue weighted by atomic mass is 35.5. The van der Waals surface area contributed by atoms with Crippen molar-refractivity contribution in [3.63, 3.8) is 0 Å². The minimum absolute atomic E-state index is 0.108. The van der Waals surface area contributed by atoms with Crippen molar-refractivity contribution < 1.29 is 19.4 Å². The molecule has 0 bridgehead atoms. The molecule has 1 amide bonds. The van der Waals surface area contributed by atoms with Gasteiger partial charge in [-0.25, -0.2) is 4.79 Å². The van der Waals surface area contributed by atoms with Crippen molar-refractivity contribution in [2.75, 3.05) is 12.6 Å². The van der Waals surface area contributed by atoms with E-state index >= 15 is 0 Å². The van der Waals surface area contributed by atoms with E-state index in [1.54, 1.807) is 24.3 Å². The minimum Gasteiger partial charge on any atom is -0.481 e. The molecule has 0 spiro atoms. The second-order valence-electron chi connectivity index (χ2n) is 3.77. The number of nitrogens with one attached hydrogen (secondary N) is 1. The number of aliphatic carboxylic acids is 1. The zero-order valence-corrected chi connectivity index (χ0v) is 11.4. The molecule has 0 aromatic heterocycles. The third kappa shape index (κ3) is 5.81. The highest BCUT2D eigenvalue weighted by Crippen LogP contribution is 2.21. The van der Waals surface area contributed by atoms with Crippen molar-refractivity contribution in [2.24, 2.45) is 0 Å². The summed E-state index contributed by atoms with van der Waals surface area (Å²) in [5.74, 6) is -1.31. The number of amides is 1. The average molecular weight is 306 g/mol. The van der Waals surface area contributed by atoms with Gasteiger partial charge in [-0.05, 0) is 17.7 Å². The van der Waals surface area contributed by atoms with Gasteiger partial charge in [0.1, 0.15) is 0 Å². The van der Waals surface area contributed by atoms with Gasteiger partial charge in [0.05, 0.1) is 6.42 Å². The molecule has 0 radical (unpaired) electrons. The molecule has 1 aromatic rings. The molecule has 0 saturated carbocycles. The van der Waals surface area contributed by atoms with Gasteiger partial charge in [-0.15, -0.1) is 0 Å². The van der Waals surface area contributed by atoms with Crippen LogP contribution in [0.1, 0.15) is 17.9 Å². The van der Waals surface area contributed by atoms with Crippen molar-refractivity contribution in [3.8, 4) is 0 Å². The Kier molecular flexibility index (Phi) is 6.45. The summed E-state index contributed by atoms with van der Waals surface area (Å²) in [6.07, 6.45) is -0.790. The number of hydrogen-bond acceptors (Lipinski definition) is 3. The third-order valence-electron chi connectivity index (χ3n) is 2.44. The zero-order valence-electron chi connectivity index (χ0n) is 9.94. The monoisotopic (exact) mass is 305 g/mol. The summed E-state index contributed by atoms with van der Waals surface area (Å²) in [6, 6.07) is 6.54. The molecule has 1 aromatic carbocycles. The molecule has 104 valence electrons. The van der Waals surface area contributed by atoms with Crippen LogP contribution in [0.25, 0.3) is 0 Å². The van der Waals surface area contributed by atoms with Gasteiger partial charge in [0, 0.05) is 17.5 Å². The quantitative estimate of drug-likeness (QED) is 0.792. The summed E-state index contributed by atoms with van der Waals surface area (Å²) in [5, 5.41) is 11.9. The van der Waals surface area contributed by atoms with E-state index in [0.717, 1.165) is 5.56 Å². The Labute approximate surface area is 120 Å². The van der Waals surface area contributed by atoms with Gasteiger partial charge in [0.2, 0.25) is 0 Å². The van der Waals surface area contributed by atoms with Gasteiger partial charge in [-0.1, -0.05) is 35.3 Å². The maximum atomic E-state index is 11.1. The van der Waals surface area contributed by atoms with Crippen molar-refractivity contribution in [1.82, 2.24) is 5.32 Å². The lowest BCUT2D eigenvalue weighted by Crippen LogP contribution is -2.29. The fourth-order valence-electron chi connectivity index (χ4n) is 1.56. The first kappa shape index (κ1) is 15.6. The summed E-state index contributed by atoms with van der Waals surface area (Å²) in [7, 11) is 0. The largest absolute Gasteiger partial charge is 0.481 e. The Balaban J connectivity index is 2.69. The van der Waals surface area contributed by atoms with Crippen LogP contribution >= 0.6 is 23.2 Å². The van der Waals surface area contributed by atoms with Crippen LogP contribution in [-0.4, -0.2) is 29.8 Å². The summed E-state index contributed by atoms with van der Waals surface area (Å²) >= 11 is 11.0. The summed E-state index contributed by atoms with van der Waals surface area (Å²) < 4.78 is 4.50. The second kappa shape index (κ2) is 7.86. The topological polar surface area (TPSA) is 75.6 Å². The normalized spacial score (nSPS) is 11.7. The number of carbonyl (C=O) groups excluding carboxylic acids is 1. The van der Waals surface area contributed by atoms with E-state index in [4.69, 9.17) is 28.3 Å². The first-order valence-electron chi connectivity index (χ1n) is 5.46. The molecule has 19 heavy (non-hydrogen) atoms. The average Bonchev–Trinajstić information content (AvgIpc) is 2.35. The van der Waals surface area contributed by atoms with Gasteiger partial charge in [-0.3, -0.25) is 4.79 Å². The van der Waals surface area contributed by atoms with Crippen molar-refractivity contribution in [1.29, 1.82) is 0 Å². The Bertz CT molecular complexity index is 436. The Morgan fingerprint density at radius 1 is 1.32 bits per heavy atom. The number of ether oxygens (including phenoxy) is 1. The number of carbonyl (C=O) groups is 2. The van der Waals surface area contributed by atoms with E-state index in [0.29, 0.717) is 5.02 Å². The second-order valence-corrected chi connectivity index (χ2v) is 4.42. The van der Waals surface area contributed by atoms with E-state index in [1.807, 2.05) is 0 Å². The van der Waals surface area contributed by atoms with E-state index in [2.05, 4.69) is 10.1 Å². The molecule has 0 saturated heterocycles. The smallest absolute Gasteiger partial charge is 0.408 e. The Hall–Kier alpha value is -1.46. The molecule has 7 heteroatoms. The van der Waals surface area contributed by atoms with Gasteiger partial charge in [0.15, 0.2) is 6.07 Å². The molecule has 0 aliphatic carbocycles. The van der Waals surface area contributed by atoms with Crippen LogP contribution in [0.5, 0.6) is 0 Å². The predicted molar refractivity (Wildman–Crippen MR) is 71.6 cm³/mol.